The first-order valence-electron chi connectivity index (χ1n) is 7.18. The third-order valence-corrected chi connectivity index (χ3v) is 3.86. The van der Waals surface area contributed by atoms with Crippen LogP contribution in [0.15, 0.2) is 0 Å². The molecule has 0 aliphatic carbocycles. The van der Waals surface area contributed by atoms with Crippen molar-refractivity contribution in [1.82, 2.24) is 4.90 Å². The number of nitrogens with zero attached hydrogens (tertiary/aromatic N) is 1. The van der Waals surface area contributed by atoms with Crippen molar-refractivity contribution >= 4 is 5.97 Å². The van der Waals surface area contributed by atoms with Crippen LogP contribution in [-0.4, -0.2) is 42.6 Å². The highest BCUT2D eigenvalue weighted by Crippen LogP contribution is 2.20. The number of rotatable bonds is 7. The van der Waals surface area contributed by atoms with Gasteiger partial charge in [0.25, 0.3) is 0 Å². The van der Waals surface area contributed by atoms with E-state index in [2.05, 4.69) is 11.8 Å². The van der Waals surface area contributed by atoms with Crippen molar-refractivity contribution in [3.8, 4) is 0 Å². The summed E-state index contributed by atoms with van der Waals surface area (Å²) in [7, 11) is 0. The van der Waals surface area contributed by atoms with Gasteiger partial charge >= 0.3 is 5.97 Å². The number of nitrogens with two attached hydrogens (primary N) is 1. The summed E-state index contributed by atoms with van der Waals surface area (Å²) >= 11 is 0. The van der Waals surface area contributed by atoms with Crippen LogP contribution in [0.25, 0.3) is 0 Å². The minimum absolute atomic E-state index is 0.280. The lowest BCUT2D eigenvalue weighted by atomic mass is 9.97. The number of likely N-dealkylation sites (tertiary alicyclic amines) is 1. The van der Waals surface area contributed by atoms with Gasteiger partial charge in [-0.2, -0.15) is 0 Å². The van der Waals surface area contributed by atoms with Crippen molar-refractivity contribution < 1.29 is 9.53 Å². The van der Waals surface area contributed by atoms with E-state index >= 15 is 0 Å². The molecule has 4 heteroatoms. The minimum atomic E-state index is -0.833. The van der Waals surface area contributed by atoms with Gasteiger partial charge in [0.05, 0.1) is 6.61 Å². The van der Waals surface area contributed by atoms with Gasteiger partial charge in [-0.05, 0) is 52.1 Å². The molecule has 0 aromatic carbocycles. The van der Waals surface area contributed by atoms with Gasteiger partial charge in [-0.15, -0.1) is 0 Å². The topological polar surface area (TPSA) is 55.6 Å². The Bertz CT molecular complexity index is 267. The van der Waals surface area contributed by atoms with E-state index in [0.717, 1.165) is 18.9 Å². The fraction of sp³-hybridized carbons (Fsp3) is 0.929. The van der Waals surface area contributed by atoms with E-state index < -0.39 is 5.54 Å². The van der Waals surface area contributed by atoms with Gasteiger partial charge in [-0.3, -0.25) is 4.79 Å². The van der Waals surface area contributed by atoms with Crippen LogP contribution in [0.1, 0.15) is 46.5 Å². The van der Waals surface area contributed by atoms with E-state index in [-0.39, 0.29) is 5.97 Å². The largest absolute Gasteiger partial charge is 0.465 e. The fourth-order valence-electron chi connectivity index (χ4n) is 2.52. The molecule has 1 rings (SSSR count). The summed E-state index contributed by atoms with van der Waals surface area (Å²) < 4.78 is 4.99. The SMILES string of the molecule is CCOC(=O)C(C)(N)CCCN1CCC(CC)C1. The Kier molecular flexibility index (Phi) is 6.09. The van der Waals surface area contributed by atoms with Crippen molar-refractivity contribution in [2.24, 2.45) is 11.7 Å². The van der Waals surface area contributed by atoms with Crippen molar-refractivity contribution in [2.75, 3.05) is 26.2 Å². The molecular formula is C14H28N2O2. The third kappa shape index (κ3) is 4.58. The average molecular weight is 256 g/mol. The van der Waals surface area contributed by atoms with E-state index in [4.69, 9.17) is 10.5 Å². The molecule has 0 radical (unpaired) electrons. The molecule has 0 saturated carbocycles. The zero-order valence-corrected chi connectivity index (χ0v) is 12.1. The third-order valence-electron chi connectivity index (χ3n) is 3.86. The number of hydrogen-bond acceptors (Lipinski definition) is 4. The average Bonchev–Trinajstić information content (AvgIpc) is 2.77. The zero-order chi connectivity index (χ0) is 13.6. The molecule has 1 aliphatic rings. The summed E-state index contributed by atoms with van der Waals surface area (Å²) in [6.45, 7) is 9.67. The predicted octanol–water partition coefficient (Wildman–Crippen LogP) is 1.78. The van der Waals surface area contributed by atoms with Crippen molar-refractivity contribution in [1.29, 1.82) is 0 Å². The van der Waals surface area contributed by atoms with Gasteiger partial charge in [0, 0.05) is 6.54 Å². The van der Waals surface area contributed by atoms with E-state index in [1.165, 1.54) is 25.9 Å². The molecule has 0 aromatic rings. The smallest absolute Gasteiger partial charge is 0.325 e. The summed E-state index contributed by atoms with van der Waals surface area (Å²) in [4.78, 5) is 14.1. The quantitative estimate of drug-likeness (QED) is 0.705. The highest BCUT2D eigenvalue weighted by atomic mass is 16.5. The fourth-order valence-corrected chi connectivity index (χ4v) is 2.52. The summed E-state index contributed by atoms with van der Waals surface area (Å²) in [5.74, 6) is 0.581. The molecule has 1 saturated heterocycles. The first-order chi connectivity index (χ1) is 8.49. The normalized spacial score (nSPS) is 23.9. The van der Waals surface area contributed by atoms with Gasteiger partial charge in [0.15, 0.2) is 0 Å². The van der Waals surface area contributed by atoms with E-state index in [1.54, 1.807) is 6.92 Å². The van der Waals surface area contributed by atoms with Gasteiger partial charge in [0.1, 0.15) is 5.54 Å². The minimum Gasteiger partial charge on any atom is -0.465 e. The number of carbonyl (C=O) groups is 1. The predicted molar refractivity (Wildman–Crippen MR) is 73.3 cm³/mol. The number of carbonyl (C=O) groups excluding carboxylic acids is 1. The molecule has 106 valence electrons. The Labute approximate surface area is 111 Å². The van der Waals surface area contributed by atoms with Gasteiger partial charge in [0.2, 0.25) is 0 Å². The maximum absolute atomic E-state index is 11.6. The standard InChI is InChI=1S/C14H28N2O2/c1-4-12-7-10-16(11-12)9-6-8-14(3,15)13(17)18-5-2/h12H,4-11,15H2,1-3H3. The molecule has 0 spiro atoms. The highest BCUT2D eigenvalue weighted by Gasteiger charge is 2.30. The van der Waals surface area contributed by atoms with Crippen molar-refractivity contribution in [2.45, 2.75) is 52.0 Å². The highest BCUT2D eigenvalue weighted by molar-refractivity contribution is 5.79. The summed E-state index contributed by atoms with van der Waals surface area (Å²) in [6.07, 6.45) is 4.24. The lowest BCUT2D eigenvalue weighted by Gasteiger charge is -2.23. The van der Waals surface area contributed by atoms with Crippen molar-refractivity contribution in [3.05, 3.63) is 0 Å². The molecule has 0 amide bonds. The van der Waals surface area contributed by atoms with E-state index in [0.29, 0.717) is 13.0 Å². The van der Waals surface area contributed by atoms with Crippen LogP contribution in [0.4, 0.5) is 0 Å². The molecule has 0 aromatic heterocycles. The first kappa shape index (κ1) is 15.4. The Hall–Kier alpha value is -0.610. The second-order valence-corrected chi connectivity index (χ2v) is 5.61. The zero-order valence-electron chi connectivity index (χ0n) is 12.1. The maximum Gasteiger partial charge on any atom is 0.325 e. The molecule has 2 N–H and O–H groups in total. The van der Waals surface area contributed by atoms with Crippen LogP contribution in [0.5, 0.6) is 0 Å². The second-order valence-electron chi connectivity index (χ2n) is 5.61. The van der Waals surface area contributed by atoms with Crippen LogP contribution in [0.2, 0.25) is 0 Å². The Morgan fingerprint density at radius 3 is 2.78 bits per heavy atom. The molecule has 0 bridgehead atoms. The number of esters is 1. The lowest BCUT2D eigenvalue weighted by Crippen LogP contribution is -2.46. The maximum atomic E-state index is 11.6. The van der Waals surface area contributed by atoms with E-state index in [1.807, 2.05) is 6.92 Å². The van der Waals surface area contributed by atoms with Crippen LogP contribution >= 0.6 is 0 Å². The molecule has 2 atom stereocenters. The first-order valence-corrected chi connectivity index (χ1v) is 7.18. The van der Waals surface area contributed by atoms with Crippen LogP contribution in [-0.2, 0) is 9.53 Å². The monoisotopic (exact) mass is 256 g/mol. The molecule has 1 fully saturated rings. The molecular weight excluding hydrogens is 228 g/mol. The lowest BCUT2D eigenvalue weighted by molar-refractivity contribution is -0.149. The molecule has 1 aliphatic heterocycles. The van der Waals surface area contributed by atoms with Crippen LogP contribution in [0.3, 0.4) is 0 Å². The summed E-state index contributed by atoms with van der Waals surface area (Å²) in [5, 5.41) is 0. The molecule has 18 heavy (non-hydrogen) atoms. The second kappa shape index (κ2) is 7.10. The molecule has 1 heterocycles. The van der Waals surface area contributed by atoms with Gasteiger partial charge in [-0.25, -0.2) is 0 Å². The number of hydrogen-bond donors (Lipinski definition) is 1. The van der Waals surface area contributed by atoms with Crippen molar-refractivity contribution in [3.63, 3.8) is 0 Å². The van der Waals surface area contributed by atoms with Gasteiger partial charge < -0.3 is 15.4 Å². The summed E-state index contributed by atoms with van der Waals surface area (Å²) in [6, 6.07) is 0. The van der Waals surface area contributed by atoms with Crippen LogP contribution in [0, 0.1) is 5.92 Å². The number of ether oxygens (including phenoxy) is 1. The van der Waals surface area contributed by atoms with Crippen LogP contribution < -0.4 is 5.73 Å². The Morgan fingerprint density at radius 1 is 1.50 bits per heavy atom. The molecule has 4 nitrogen and oxygen atoms in total. The van der Waals surface area contributed by atoms with E-state index in [9.17, 15) is 4.79 Å². The Morgan fingerprint density at radius 2 is 2.22 bits per heavy atom. The van der Waals surface area contributed by atoms with Gasteiger partial charge in [-0.1, -0.05) is 13.3 Å². The Balaban J connectivity index is 2.22. The summed E-state index contributed by atoms with van der Waals surface area (Å²) in [5.41, 5.74) is 5.16. The molecule has 2 unspecified atom stereocenters.